The summed E-state index contributed by atoms with van der Waals surface area (Å²) in [7, 11) is 0. The van der Waals surface area contributed by atoms with Gasteiger partial charge in [-0.2, -0.15) is 0 Å². The van der Waals surface area contributed by atoms with Crippen molar-refractivity contribution in [2.24, 2.45) is 0 Å². The normalized spacial score (nSPS) is 18.3. The van der Waals surface area contributed by atoms with Gasteiger partial charge in [-0.15, -0.1) is 0 Å². The number of rotatable bonds is 5. The lowest BCUT2D eigenvalue weighted by atomic mass is 10.2. The van der Waals surface area contributed by atoms with E-state index in [4.69, 9.17) is 9.47 Å². The van der Waals surface area contributed by atoms with Crippen molar-refractivity contribution >= 4 is 37.8 Å². The zero-order valence-corrected chi connectivity index (χ0v) is 13.5. The van der Waals surface area contributed by atoms with E-state index < -0.39 is 0 Å². The number of ether oxygens (including phenoxy) is 2. The lowest BCUT2D eigenvalue weighted by Gasteiger charge is -2.12. The number of carbonyl (C=O) groups excluding carboxylic acids is 1. The molecule has 6 heteroatoms. The molecule has 1 aromatic rings. The Morgan fingerprint density at radius 3 is 3.00 bits per heavy atom. The van der Waals surface area contributed by atoms with Gasteiger partial charge in [-0.25, -0.2) is 0 Å². The van der Waals surface area contributed by atoms with Crippen LogP contribution in [0, 0.1) is 0 Å². The molecule has 4 nitrogen and oxygen atoms in total. The fourth-order valence-corrected chi connectivity index (χ4v) is 2.98. The standard InChI is InChI=1S/C13H15Br2NO3/c14-9-3-4-12(11(15)6-9)19-8-13(17)16-7-10-2-1-5-18-10/h3-4,6,10H,1-2,5,7-8H2,(H,16,17)/t10-/m0/s1. The topological polar surface area (TPSA) is 47.6 Å². The number of hydrogen-bond donors (Lipinski definition) is 1. The van der Waals surface area contributed by atoms with Gasteiger partial charge in [0, 0.05) is 17.6 Å². The lowest BCUT2D eigenvalue weighted by molar-refractivity contribution is -0.123. The van der Waals surface area contributed by atoms with Crippen molar-refractivity contribution in [2.75, 3.05) is 19.8 Å². The zero-order chi connectivity index (χ0) is 13.7. The molecule has 1 aliphatic rings. The van der Waals surface area contributed by atoms with Gasteiger partial charge in [-0.1, -0.05) is 15.9 Å². The summed E-state index contributed by atoms with van der Waals surface area (Å²) in [6, 6.07) is 5.55. The minimum atomic E-state index is -0.134. The van der Waals surface area contributed by atoms with E-state index in [0.717, 1.165) is 28.4 Å². The number of benzene rings is 1. The maximum absolute atomic E-state index is 11.6. The second kappa shape index (κ2) is 7.26. The van der Waals surface area contributed by atoms with E-state index in [1.54, 1.807) is 0 Å². The first-order chi connectivity index (χ1) is 9.15. The highest BCUT2D eigenvalue weighted by molar-refractivity contribution is 9.11. The Bertz CT molecular complexity index is 448. The van der Waals surface area contributed by atoms with E-state index in [-0.39, 0.29) is 18.6 Å². The highest BCUT2D eigenvalue weighted by Crippen LogP contribution is 2.28. The van der Waals surface area contributed by atoms with Crippen molar-refractivity contribution in [2.45, 2.75) is 18.9 Å². The van der Waals surface area contributed by atoms with Crippen LogP contribution in [-0.2, 0) is 9.53 Å². The van der Waals surface area contributed by atoms with Crippen LogP contribution in [0.3, 0.4) is 0 Å². The molecule has 1 aliphatic heterocycles. The molecule has 0 unspecified atom stereocenters. The van der Waals surface area contributed by atoms with Crippen LogP contribution in [0.25, 0.3) is 0 Å². The first-order valence-corrected chi connectivity index (χ1v) is 7.70. The summed E-state index contributed by atoms with van der Waals surface area (Å²) in [5.74, 6) is 0.515. The second-order valence-electron chi connectivity index (χ2n) is 4.30. The van der Waals surface area contributed by atoms with Gasteiger partial charge in [0.2, 0.25) is 0 Å². The van der Waals surface area contributed by atoms with E-state index in [1.807, 2.05) is 18.2 Å². The van der Waals surface area contributed by atoms with Gasteiger partial charge in [0.15, 0.2) is 6.61 Å². The van der Waals surface area contributed by atoms with Gasteiger partial charge in [0.1, 0.15) is 5.75 Å². The van der Waals surface area contributed by atoms with Crippen molar-refractivity contribution < 1.29 is 14.3 Å². The Hall–Kier alpha value is -0.590. The Labute approximate surface area is 129 Å². The second-order valence-corrected chi connectivity index (χ2v) is 6.07. The van der Waals surface area contributed by atoms with Crippen molar-refractivity contribution in [3.63, 3.8) is 0 Å². The van der Waals surface area contributed by atoms with Crippen LogP contribution in [0.5, 0.6) is 5.75 Å². The highest BCUT2D eigenvalue weighted by atomic mass is 79.9. The SMILES string of the molecule is O=C(COc1ccc(Br)cc1Br)NC[C@@H]1CCCO1. The molecule has 0 bridgehead atoms. The molecule has 2 rings (SSSR count). The average molecular weight is 393 g/mol. The molecule has 1 heterocycles. The van der Waals surface area contributed by atoms with Crippen LogP contribution in [0.15, 0.2) is 27.1 Å². The summed E-state index contributed by atoms with van der Waals surface area (Å²) < 4.78 is 12.6. The quantitative estimate of drug-likeness (QED) is 0.837. The third-order valence-corrected chi connectivity index (χ3v) is 3.92. The van der Waals surface area contributed by atoms with Gasteiger partial charge in [-0.05, 0) is 47.0 Å². The van der Waals surface area contributed by atoms with E-state index in [2.05, 4.69) is 37.2 Å². The van der Waals surface area contributed by atoms with Crippen LogP contribution in [0.1, 0.15) is 12.8 Å². The Kier molecular flexibility index (Phi) is 5.66. The number of hydrogen-bond acceptors (Lipinski definition) is 3. The first kappa shape index (κ1) is 14.8. The molecule has 1 saturated heterocycles. The molecular formula is C13H15Br2NO3. The number of nitrogens with one attached hydrogen (secondary N) is 1. The summed E-state index contributed by atoms with van der Waals surface area (Å²) in [6.45, 7) is 1.36. The molecule has 1 atom stereocenters. The van der Waals surface area contributed by atoms with E-state index in [1.165, 1.54) is 0 Å². The maximum atomic E-state index is 11.6. The molecule has 0 saturated carbocycles. The molecule has 1 fully saturated rings. The molecular weight excluding hydrogens is 378 g/mol. The van der Waals surface area contributed by atoms with Gasteiger partial charge < -0.3 is 14.8 Å². The minimum Gasteiger partial charge on any atom is -0.483 e. The molecule has 104 valence electrons. The summed E-state index contributed by atoms with van der Waals surface area (Å²) in [4.78, 5) is 11.6. The molecule has 1 N–H and O–H groups in total. The van der Waals surface area contributed by atoms with Crippen molar-refractivity contribution in [1.82, 2.24) is 5.32 Å². The lowest BCUT2D eigenvalue weighted by Crippen LogP contribution is -2.35. The van der Waals surface area contributed by atoms with Crippen LogP contribution >= 0.6 is 31.9 Å². The van der Waals surface area contributed by atoms with Gasteiger partial charge in [0.05, 0.1) is 10.6 Å². The Morgan fingerprint density at radius 2 is 2.32 bits per heavy atom. The van der Waals surface area contributed by atoms with Crippen LogP contribution in [-0.4, -0.2) is 31.8 Å². The van der Waals surface area contributed by atoms with E-state index in [0.29, 0.717) is 12.3 Å². The summed E-state index contributed by atoms with van der Waals surface area (Å²) in [5.41, 5.74) is 0. The van der Waals surface area contributed by atoms with E-state index >= 15 is 0 Å². The summed E-state index contributed by atoms with van der Waals surface area (Å²) in [5, 5.41) is 2.81. The Morgan fingerprint density at radius 1 is 1.47 bits per heavy atom. The van der Waals surface area contributed by atoms with Gasteiger partial charge >= 0.3 is 0 Å². The molecule has 0 aliphatic carbocycles. The molecule has 1 amide bonds. The largest absolute Gasteiger partial charge is 0.483 e. The molecule has 19 heavy (non-hydrogen) atoms. The monoisotopic (exact) mass is 391 g/mol. The number of amides is 1. The van der Waals surface area contributed by atoms with Crippen molar-refractivity contribution in [3.8, 4) is 5.75 Å². The van der Waals surface area contributed by atoms with Gasteiger partial charge in [0.25, 0.3) is 5.91 Å². The Balaban J connectivity index is 1.73. The predicted octanol–water partition coefficient (Wildman–Crippen LogP) is 2.89. The average Bonchev–Trinajstić information content (AvgIpc) is 2.88. The zero-order valence-electron chi connectivity index (χ0n) is 10.3. The number of carbonyl (C=O) groups is 1. The third kappa shape index (κ3) is 4.78. The minimum absolute atomic E-state index is 0.00690. The van der Waals surface area contributed by atoms with Crippen molar-refractivity contribution in [3.05, 3.63) is 27.1 Å². The predicted molar refractivity (Wildman–Crippen MR) is 79.3 cm³/mol. The van der Waals surface area contributed by atoms with Crippen LogP contribution in [0.2, 0.25) is 0 Å². The fourth-order valence-electron chi connectivity index (χ4n) is 1.82. The van der Waals surface area contributed by atoms with Gasteiger partial charge in [-0.3, -0.25) is 4.79 Å². The van der Waals surface area contributed by atoms with Crippen LogP contribution < -0.4 is 10.1 Å². The summed E-state index contributed by atoms with van der Waals surface area (Å²) >= 11 is 6.74. The third-order valence-electron chi connectivity index (χ3n) is 2.80. The number of halogens is 2. The smallest absolute Gasteiger partial charge is 0.258 e. The molecule has 0 radical (unpaired) electrons. The fraction of sp³-hybridized carbons (Fsp3) is 0.462. The van der Waals surface area contributed by atoms with Crippen LogP contribution in [0.4, 0.5) is 0 Å². The van der Waals surface area contributed by atoms with E-state index in [9.17, 15) is 4.79 Å². The maximum Gasteiger partial charge on any atom is 0.258 e. The first-order valence-electron chi connectivity index (χ1n) is 6.11. The molecule has 0 aromatic heterocycles. The molecule has 0 spiro atoms. The highest BCUT2D eigenvalue weighted by Gasteiger charge is 2.16. The summed E-state index contributed by atoms with van der Waals surface area (Å²) in [6.07, 6.45) is 2.24. The van der Waals surface area contributed by atoms with Crippen molar-refractivity contribution in [1.29, 1.82) is 0 Å². The molecule has 1 aromatic carbocycles.